The minimum absolute atomic E-state index is 0.0331. The minimum Gasteiger partial charge on any atom is -0.511 e. The van der Waals surface area contributed by atoms with E-state index in [0.29, 0.717) is 5.56 Å². The van der Waals surface area contributed by atoms with Crippen LogP contribution in [-0.4, -0.2) is 27.9 Å². The zero-order chi connectivity index (χ0) is 15.6. The number of Topliss-reactive ketones (excluding diaryl/α,β-unsaturated/α-hetero) is 1. The van der Waals surface area contributed by atoms with E-state index in [4.69, 9.17) is 4.74 Å². The minimum atomic E-state index is -0.835. The van der Waals surface area contributed by atoms with Crippen LogP contribution < -0.4 is 0 Å². The second-order valence-corrected chi connectivity index (χ2v) is 4.77. The predicted molar refractivity (Wildman–Crippen MR) is 71.6 cm³/mol. The first-order valence-corrected chi connectivity index (χ1v) is 6.28. The fraction of sp³-hybridized carbons (Fsp3) is 0.286. The van der Waals surface area contributed by atoms with Gasteiger partial charge in [-0.2, -0.15) is 0 Å². The number of esters is 1. The van der Waals surface area contributed by atoms with E-state index in [-0.39, 0.29) is 29.9 Å². The summed E-state index contributed by atoms with van der Waals surface area (Å²) in [5.41, 5.74) is 0.129. The Hall–Kier alpha value is -2.70. The maximum atomic E-state index is 11.8. The first kappa shape index (κ1) is 14.7. The smallest absolute Gasteiger partial charge is 0.345 e. The van der Waals surface area contributed by atoms with Crippen molar-refractivity contribution in [1.82, 2.24) is 0 Å². The van der Waals surface area contributed by atoms with E-state index in [1.807, 2.05) is 0 Å². The molecular formula is C14H13NO6. The molecule has 1 aliphatic rings. The van der Waals surface area contributed by atoms with Crippen LogP contribution in [0.3, 0.4) is 0 Å². The predicted octanol–water partition coefficient (Wildman–Crippen LogP) is 1.85. The molecule has 1 N–H and O–H groups in total. The van der Waals surface area contributed by atoms with E-state index in [9.17, 15) is 24.8 Å². The molecule has 1 heterocycles. The zero-order valence-electron chi connectivity index (χ0n) is 11.2. The maximum Gasteiger partial charge on any atom is 0.345 e. The highest BCUT2D eigenvalue weighted by Gasteiger charge is 2.32. The second-order valence-electron chi connectivity index (χ2n) is 4.77. The molecule has 7 nitrogen and oxygen atoms in total. The number of ketones is 1. The molecule has 21 heavy (non-hydrogen) atoms. The van der Waals surface area contributed by atoms with E-state index >= 15 is 0 Å². The van der Waals surface area contributed by atoms with Gasteiger partial charge < -0.3 is 9.84 Å². The Morgan fingerprint density at radius 2 is 2.00 bits per heavy atom. The Bertz CT molecular complexity index is 611. The van der Waals surface area contributed by atoms with Crippen LogP contribution in [-0.2, 0) is 20.7 Å². The van der Waals surface area contributed by atoms with Gasteiger partial charge in [-0.3, -0.25) is 14.9 Å². The van der Waals surface area contributed by atoms with Crippen molar-refractivity contribution in [3.63, 3.8) is 0 Å². The van der Waals surface area contributed by atoms with Crippen LogP contribution in [0.1, 0.15) is 18.9 Å². The molecule has 0 amide bonds. The van der Waals surface area contributed by atoms with Crippen molar-refractivity contribution in [2.45, 2.75) is 25.9 Å². The quantitative estimate of drug-likeness (QED) is 0.227. The SMILES string of the molecule is CC1CC(=O)/C(=C(\O)Cc2ccc([N+](=O)[O-])cc2)C(=O)O1. The molecule has 1 fully saturated rings. The number of nitrogens with zero attached hydrogens (tertiary/aromatic N) is 1. The third-order valence-electron chi connectivity index (χ3n) is 3.07. The van der Waals surface area contributed by atoms with Crippen LogP contribution in [0.5, 0.6) is 0 Å². The van der Waals surface area contributed by atoms with Gasteiger partial charge in [0, 0.05) is 25.0 Å². The van der Waals surface area contributed by atoms with Crippen LogP contribution in [0.4, 0.5) is 5.69 Å². The molecular weight excluding hydrogens is 278 g/mol. The number of ether oxygens (including phenoxy) is 1. The van der Waals surface area contributed by atoms with E-state index in [0.717, 1.165) is 0 Å². The Labute approximate surface area is 120 Å². The van der Waals surface area contributed by atoms with Crippen LogP contribution in [0.2, 0.25) is 0 Å². The summed E-state index contributed by atoms with van der Waals surface area (Å²) in [6.07, 6.45) is -0.533. The molecule has 1 aromatic carbocycles. The molecule has 110 valence electrons. The number of aliphatic hydroxyl groups excluding tert-OH is 1. The summed E-state index contributed by atoms with van der Waals surface area (Å²) >= 11 is 0. The van der Waals surface area contributed by atoms with Gasteiger partial charge in [-0.15, -0.1) is 0 Å². The Morgan fingerprint density at radius 1 is 1.38 bits per heavy atom. The first-order chi connectivity index (χ1) is 9.88. The lowest BCUT2D eigenvalue weighted by Gasteiger charge is -2.20. The van der Waals surface area contributed by atoms with Gasteiger partial charge in [0.15, 0.2) is 5.78 Å². The van der Waals surface area contributed by atoms with Crippen molar-refractivity contribution in [1.29, 1.82) is 0 Å². The highest BCUT2D eigenvalue weighted by Crippen LogP contribution is 2.21. The molecule has 7 heteroatoms. The molecule has 1 atom stereocenters. The standard InChI is InChI=1S/C14H13NO6/c1-8-6-11(16)13(14(18)21-8)12(17)7-9-2-4-10(5-3-9)15(19)20/h2-5,8,17H,6-7H2,1H3/b13-12+. The molecule has 0 radical (unpaired) electrons. The van der Waals surface area contributed by atoms with Crippen molar-refractivity contribution in [3.8, 4) is 0 Å². The molecule has 0 spiro atoms. The van der Waals surface area contributed by atoms with Crippen LogP contribution in [0, 0.1) is 10.1 Å². The van der Waals surface area contributed by atoms with Crippen molar-refractivity contribution < 1.29 is 24.4 Å². The van der Waals surface area contributed by atoms with E-state index in [2.05, 4.69) is 0 Å². The van der Waals surface area contributed by atoms with Crippen molar-refractivity contribution in [3.05, 3.63) is 51.3 Å². The summed E-state index contributed by atoms with van der Waals surface area (Å²) in [5, 5.41) is 20.5. The number of carbonyl (C=O) groups excluding carboxylic acids is 2. The molecule has 1 unspecified atom stereocenters. The molecule has 0 aromatic heterocycles. The molecule has 1 aliphatic heterocycles. The monoisotopic (exact) mass is 291 g/mol. The average molecular weight is 291 g/mol. The van der Waals surface area contributed by atoms with Crippen molar-refractivity contribution in [2.24, 2.45) is 0 Å². The number of carbonyl (C=O) groups is 2. The Kier molecular flexibility index (Phi) is 4.02. The number of non-ortho nitro benzene ring substituents is 1. The summed E-state index contributed by atoms with van der Waals surface area (Å²) < 4.78 is 4.91. The number of nitro benzene ring substituents is 1. The van der Waals surface area contributed by atoms with E-state index in [1.54, 1.807) is 6.92 Å². The average Bonchev–Trinajstić information content (AvgIpc) is 2.37. The van der Waals surface area contributed by atoms with Crippen LogP contribution in [0.25, 0.3) is 0 Å². The maximum absolute atomic E-state index is 11.8. The number of nitro groups is 1. The van der Waals surface area contributed by atoms with Gasteiger partial charge in [-0.25, -0.2) is 4.79 Å². The molecule has 0 bridgehead atoms. The Morgan fingerprint density at radius 3 is 2.52 bits per heavy atom. The number of benzene rings is 1. The summed E-state index contributed by atoms with van der Waals surface area (Å²) in [4.78, 5) is 33.4. The summed E-state index contributed by atoms with van der Waals surface area (Å²) in [6, 6.07) is 5.49. The molecule has 0 aliphatic carbocycles. The van der Waals surface area contributed by atoms with Crippen molar-refractivity contribution in [2.75, 3.05) is 0 Å². The van der Waals surface area contributed by atoms with Gasteiger partial charge in [-0.1, -0.05) is 12.1 Å². The van der Waals surface area contributed by atoms with Crippen LogP contribution in [0.15, 0.2) is 35.6 Å². The fourth-order valence-corrected chi connectivity index (χ4v) is 2.06. The van der Waals surface area contributed by atoms with Gasteiger partial charge >= 0.3 is 5.97 Å². The van der Waals surface area contributed by atoms with Gasteiger partial charge in [0.1, 0.15) is 17.4 Å². The molecule has 1 saturated heterocycles. The number of allylic oxidation sites excluding steroid dienone is 1. The van der Waals surface area contributed by atoms with Gasteiger partial charge in [0.05, 0.1) is 4.92 Å². The molecule has 0 saturated carbocycles. The first-order valence-electron chi connectivity index (χ1n) is 6.28. The number of rotatable bonds is 3. The van der Waals surface area contributed by atoms with E-state index in [1.165, 1.54) is 24.3 Å². The highest BCUT2D eigenvalue weighted by atomic mass is 16.6. The fourth-order valence-electron chi connectivity index (χ4n) is 2.06. The third kappa shape index (κ3) is 3.25. The molecule has 2 rings (SSSR count). The second kappa shape index (κ2) is 5.74. The van der Waals surface area contributed by atoms with E-state index < -0.39 is 22.8 Å². The van der Waals surface area contributed by atoms with Crippen LogP contribution >= 0.6 is 0 Å². The lowest BCUT2D eigenvalue weighted by Crippen LogP contribution is -2.31. The summed E-state index contributed by atoms with van der Waals surface area (Å²) in [6.45, 7) is 1.60. The zero-order valence-corrected chi connectivity index (χ0v) is 11.2. The van der Waals surface area contributed by atoms with Gasteiger partial charge in [-0.05, 0) is 12.5 Å². The molecule has 1 aromatic rings. The largest absolute Gasteiger partial charge is 0.511 e. The third-order valence-corrected chi connectivity index (χ3v) is 3.07. The number of hydrogen-bond acceptors (Lipinski definition) is 6. The lowest BCUT2D eigenvalue weighted by atomic mass is 9.98. The van der Waals surface area contributed by atoms with Gasteiger partial charge in [0.2, 0.25) is 0 Å². The van der Waals surface area contributed by atoms with Gasteiger partial charge in [0.25, 0.3) is 5.69 Å². The topological polar surface area (TPSA) is 107 Å². The number of aliphatic hydroxyl groups is 1. The normalized spacial score (nSPS) is 20.9. The summed E-state index contributed by atoms with van der Waals surface area (Å²) in [7, 11) is 0. The Balaban J connectivity index is 2.21. The number of hydrogen-bond donors (Lipinski definition) is 1. The van der Waals surface area contributed by atoms with Crippen molar-refractivity contribution >= 4 is 17.4 Å². The summed E-state index contributed by atoms with van der Waals surface area (Å²) in [5.74, 6) is -1.68. The highest BCUT2D eigenvalue weighted by molar-refractivity contribution is 6.19. The number of cyclic esters (lactones) is 1. The lowest BCUT2D eigenvalue weighted by molar-refractivity contribution is -0.384.